The zero-order valence-electron chi connectivity index (χ0n) is 11.7. The van der Waals surface area contributed by atoms with E-state index < -0.39 is 0 Å². The highest BCUT2D eigenvalue weighted by Crippen LogP contribution is 2.25. The van der Waals surface area contributed by atoms with Crippen molar-refractivity contribution in [2.45, 2.75) is 53.6 Å². The lowest BCUT2D eigenvalue weighted by molar-refractivity contribution is -0.0519. The van der Waals surface area contributed by atoms with Gasteiger partial charge in [-0.25, -0.2) is 0 Å². The van der Waals surface area contributed by atoms with E-state index in [1.807, 2.05) is 0 Å². The summed E-state index contributed by atoms with van der Waals surface area (Å²) in [5.41, 5.74) is 0.378. The second-order valence-corrected chi connectivity index (χ2v) is 6.67. The fourth-order valence-electron chi connectivity index (χ4n) is 2.45. The lowest BCUT2D eigenvalue weighted by Gasteiger charge is -2.35. The van der Waals surface area contributed by atoms with Crippen molar-refractivity contribution in [3.05, 3.63) is 0 Å². The summed E-state index contributed by atoms with van der Waals surface area (Å²) in [6.45, 7) is 14.5. The van der Waals surface area contributed by atoms with Gasteiger partial charge in [0.25, 0.3) is 0 Å². The summed E-state index contributed by atoms with van der Waals surface area (Å²) >= 11 is 0. The number of ether oxygens (including phenoxy) is 1. The Bertz CT molecular complexity index is 195. The van der Waals surface area contributed by atoms with Crippen molar-refractivity contribution in [3.8, 4) is 0 Å². The Labute approximate surface area is 101 Å². The Kier molecular flexibility index (Phi) is 5.26. The van der Waals surface area contributed by atoms with Gasteiger partial charge in [0.15, 0.2) is 0 Å². The molecule has 96 valence electrons. The third-order valence-electron chi connectivity index (χ3n) is 3.21. The van der Waals surface area contributed by atoms with Gasteiger partial charge in [-0.15, -0.1) is 0 Å². The predicted octanol–water partition coefficient (Wildman–Crippen LogP) is 3.07. The van der Waals surface area contributed by atoms with Crippen LogP contribution in [0.5, 0.6) is 0 Å². The first kappa shape index (κ1) is 14.0. The standard InChI is InChI=1S/C14H29NO/c1-11(2)13-12(7-6-8-16-13)9-15-10-14(3,4)5/h11-13,15H,6-10H2,1-5H3. The molecule has 2 heteroatoms. The van der Waals surface area contributed by atoms with Crippen LogP contribution in [0, 0.1) is 17.3 Å². The van der Waals surface area contributed by atoms with Gasteiger partial charge in [-0.05, 0) is 30.1 Å². The average molecular weight is 227 g/mol. The first-order valence-electron chi connectivity index (χ1n) is 6.72. The summed E-state index contributed by atoms with van der Waals surface area (Å²) in [5.74, 6) is 1.35. The minimum Gasteiger partial charge on any atom is -0.378 e. The van der Waals surface area contributed by atoms with E-state index in [0.29, 0.717) is 23.4 Å². The van der Waals surface area contributed by atoms with Crippen molar-refractivity contribution in [1.29, 1.82) is 0 Å². The molecule has 1 aliphatic heterocycles. The molecule has 1 heterocycles. The first-order valence-corrected chi connectivity index (χ1v) is 6.72. The van der Waals surface area contributed by atoms with Crippen LogP contribution in [0.4, 0.5) is 0 Å². The predicted molar refractivity (Wildman–Crippen MR) is 69.6 cm³/mol. The molecule has 0 spiro atoms. The van der Waals surface area contributed by atoms with Gasteiger partial charge in [0.05, 0.1) is 6.10 Å². The molecule has 1 rings (SSSR count). The van der Waals surface area contributed by atoms with Gasteiger partial charge in [0.2, 0.25) is 0 Å². The molecular weight excluding hydrogens is 198 g/mol. The highest BCUT2D eigenvalue weighted by molar-refractivity contribution is 4.79. The van der Waals surface area contributed by atoms with E-state index in [9.17, 15) is 0 Å². The van der Waals surface area contributed by atoms with Crippen LogP contribution >= 0.6 is 0 Å². The summed E-state index contributed by atoms with van der Waals surface area (Å²) < 4.78 is 5.89. The summed E-state index contributed by atoms with van der Waals surface area (Å²) in [7, 11) is 0. The number of nitrogens with one attached hydrogen (secondary N) is 1. The fraction of sp³-hybridized carbons (Fsp3) is 1.00. The molecular formula is C14H29NO. The second-order valence-electron chi connectivity index (χ2n) is 6.67. The average Bonchev–Trinajstić information content (AvgIpc) is 2.16. The molecule has 1 fully saturated rings. The van der Waals surface area contributed by atoms with E-state index in [2.05, 4.69) is 39.9 Å². The molecule has 1 saturated heterocycles. The molecule has 0 amide bonds. The molecule has 0 aromatic heterocycles. The van der Waals surface area contributed by atoms with Crippen LogP contribution in [-0.2, 0) is 4.74 Å². The Morgan fingerprint density at radius 2 is 2.00 bits per heavy atom. The van der Waals surface area contributed by atoms with Crippen molar-refractivity contribution >= 4 is 0 Å². The topological polar surface area (TPSA) is 21.3 Å². The zero-order chi connectivity index (χ0) is 12.2. The monoisotopic (exact) mass is 227 g/mol. The quantitative estimate of drug-likeness (QED) is 0.797. The summed E-state index contributed by atoms with van der Waals surface area (Å²) in [6.07, 6.45) is 3.01. The van der Waals surface area contributed by atoms with Gasteiger partial charge in [-0.3, -0.25) is 0 Å². The number of hydrogen-bond acceptors (Lipinski definition) is 2. The molecule has 2 unspecified atom stereocenters. The van der Waals surface area contributed by atoms with Crippen molar-refractivity contribution in [1.82, 2.24) is 5.32 Å². The lowest BCUT2D eigenvalue weighted by Crippen LogP contribution is -2.41. The van der Waals surface area contributed by atoms with Crippen LogP contribution in [0.25, 0.3) is 0 Å². The van der Waals surface area contributed by atoms with Gasteiger partial charge in [0, 0.05) is 19.7 Å². The minimum atomic E-state index is 0.378. The van der Waals surface area contributed by atoms with Crippen molar-refractivity contribution in [3.63, 3.8) is 0 Å². The summed E-state index contributed by atoms with van der Waals surface area (Å²) in [4.78, 5) is 0. The van der Waals surface area contributed by atoms with Crippen LogP contribution < -0.4 is 5.32 Å². The Hall–Kier alpha value is -0.0800. The maximum absolute atomic E-state index is 5.89. The maximum Gasteiger partial charge on any atom is 0.0638 e. The second kappa shape index (κ2) is 6.02. The van der Waals surface area contributed by atoms with Crippen molar-refractivity contribution in [2.24, 2.45) is 17.3 Å². The van der Waals surface area contributed by atoms with E-state index in [-0.39, 0.29) is 0 Å². The minimum absolute atomic E-state index is 0.378. The normalized spacial score (nSPS) is 27.4. The number of hydrogen-bond donors (Lipinski definition) is 1. The van der Waals surface area contributed by atoms with Gasteiger partial charge < -0.3 is 10.1 Å². The third kappa shape index (κ3) is 4.84. The fourth-order valence-corrected chi connectivity index (χ4v) is 2.45. The smallest absolute Gasteiger partial charge is 0.0638 e. The van der Waals surface area contributed by atoms with Crippen LogP contribution in [0.1, 0.15) is 47.5 Å². The molecule has 1 N–H and O–H groups in total. The van der Waals surface area contributed by atoms with Crippen LogP contribution in [-0.4, -0.2) is 25.8 Å². The van der Waals surface area contributed by atoms with E-state index in [1.165, 1.54) is 12.8 Å². The van der Waals surface area contributed by atoms with Gasteiger partial charge in [-0.2, -0.15) is 0 Å². The molecule has 0 saturated carbocycles. The van der Waals surface area contributed by atoms with Gasteiger partial charge in [0.1, 0.15) is 0 Å². The zero-order valence-corrected chi connectivity index (χ0v) is 11.7. The van der Waals surface area contributed by atoms with Crippen LogP contribution in [0.3, 0.4) is 0 Å². The molecule has 2 atom stereocenters. The van der Waals surface area contributed by atoms with Crippen LogP contribution in [0.2, 0.25) is 0 Å². The highest BCUT2D eigenvalue weighted by atomic mass is 16.5. The Morgan fingerprint density at radius 1 is 1.31 bits per heavy atom. The van der Waals surface area contributed by atoms with E-state index in [4.69, 9.17) is 4.74 Å². The SMILES string of the molecule is CC(C)C1OCCCC1CNCC(C)(C)C. The first-order chi connectivity index (χ1) is 7.40. The van der Waals surface area contributed by atoms with E-state index in [1.54, 1.807) is 0 Å². The van der Waals surface area contributed by atoms with Gasteiger partial charge in [-0.1, -0.05) is 34.6 Å². The largest absolute Gasteiger partial charge is 0.378 e. The molecule has 2 nitrogen and oxygen atoms in total. The lowest BCUT2D eigenvalue weighted by atomic mass is 9.87. The molecule has 0 aromatic carbocycles. The van der Waals surface area contributed by atoms with Crippen molar-refractivity contribution < 1.29 is 4.74 Å². The molecule has 0 aromatic rings. The van der Waals surface area contributed by atoms with Crippen molar-refractivity contribution in [2.75, 3.05) is 19.7 Å². The maximum atomic E-state index is 5.89. The molecule has 0 aliphatic carbocycles. The Balaban J connectivity index is 2.33. The summed E-state index contributed by atoms with van der Waals surface area (Å²) in [5, 5.41) is 3.60. The highest BCUT2D eigenvalue weighted by Gasteiger charge is 2.28. The third-order valence-corrected chi connectivity index (χ3v) is 3.21. The summed E-state index contributed by atoms with van der Waals surface area (Å²) in [6, 6.07) is 0. The molecule has 0 radical (unpaired) electrons. The van der Waals surface area contributed by atoms with E-state index >= 15 is 0 Å². The molecule has 0 bridgehead atoms. The van der Waals surface area contributed by atoms with Gasteiger partial charge >= 0.3 is 0 Å². The molecule has 16 heavy (non-hydrogen) atoms. The Morgan fingerprint density at radius 3 is 2.56 bits per heavy atom. The molecule has 1 aliphatic rings. The number of rotatable bonds is 4. The van der Waals surface area contributed by atoms with E-state index in [0.717, 1.165) is 19.7 Å². The van der Waals surface area contributed by atoms with Crippen LogP contribution in [0.15, 0.2) is 0 Å².